The maximum atomic E-state index is 11.0. The molecule has 3 aromatic rings. The van der Waals surface area contributed by atoms with E-state index in [0.717, 1.165) is 10.2 Å². The number of halogens is 2. The number of rotatable bonds is 4. The molecule has 1 aromatic heterocycles. The monoisotopic (exact) mass is 366 g/mol. The molecule has 0 fully saturated rings. The Morgan fingerprint density at radius 1 is 1.26 bits per heavy atom. The molecule has 3 rings (SSSR count). The number of aliphatic carboxylic acids is 1. The minimum atomic E-state index is -0.884. The van der Waals surface area contributed by atoms with Crippen LogP contribution in [0.5, 0.6) is 0 Å². The second kappa shape index (κ2) is 6.35. The van der Waals surface area contributed by atoms with Gasteiger partial charge in [0, 0.05) is 5.02 Å². The van der Waals surface area contributed by atoms with Gasteiger partial charge in [0.05, 0.1) is 26.8 Å². The molecule has 7 heteroatoms. The Labute approximate surface area is 146 Å². The molecule has 0 radical (unpaired) electrons. The van der Waals surface area contributed by atoms with Crippen LogP contribution in [0.25, 0.3) is 10.2 Å². The quantitative estimate of drug-likeness (QED) is 0.636. The smallest absolute Gasteiger partial charge is 0.310 e. The number of carboxylic acids is 1. The standard InChI is InChI=1S/C16H12Cl2N2O2S/c1-8(15(21)22)9-2-4-12(11(18)6-9)19-16-20-13-5-3-10(17)7-14(13)23-16/h2-8H,1H3,(H,19,20)(H,21,22). The molecular formula is C16H12Cl2N2O2S. The summed E-state index contributed by atoms with van der Waals surface area (Å²) in [6.45, 7) is 1.62. The Balaban J connectivity index is 1.88. The van der Waals surface area contributed by atoms with E-state index in [1.165, 1.54) is 11.3 Å². The molecule has 0 aliphatic heterocycles. The fourth-order valence-corrected chi connectivity index (χ4v) is 3.50. The number of carboxylic acid groups (broad SMARTS) is 1. The van der Waals surface area contributed by atoms with Gasteiger partial charge in [0.2, 0.25) is 0 Å². The zero-order valence-electron chi connectivity index (χ0n) is 12.0. The van der Waals surface area contributed by atoms with Crippen LogP contribution in [0.15, 0.2) is 36.4 Å². The number of nitrogens with one attached hydrogen (secondary N) is 1. The van der Waals surface area contributed by atoms with Crippen molar-refractivity contribution in [3.05, 3.63) is 52.0 Å². The highest BCUT2D eigenvalue weighted by molar-refractivity contribution is 7.22. The highest BCUT2D eigenvalue weighted by atomic mass is 35.5. The highest BCUT2D eigenvalue weighted by Crippen LogP contribution is 2.33. The van der Waals surface area contributed by atoms with Gasteiger partial charge in [-0.05, 0) is 42.8 Å². The predicted octanol–water partition coefficient (Wildman–Crippen LogP) is 5.53. The Hall–Kier alpha value is -1.82. The van der Waals surface area contributed by atoms with E-state index in [1.54, 1.807) is 31.2 Å². The molecule has 2 aromatic carbocycles. The first kappa shape index (κ1) is 16.1. The van der Waals surface area contributed by atoms with Crippen molar-refractivity contribution in [2.75, 3.05) is 5.32 Å². The van der Waals surface area contributed by atoms with Crippen LogP contribution in [0.2, 0.25) is 10.0 Å². The third-order valence-corrected chi connectivity index (χ3v) is 4.94. The van der Waals surface area contributed by atoms with Crippen LogP contribution >= 0.6 is 34.5 Å². The lowest BCUT2D eigenvalue weighted by Gasteiger charge is -2.10. The lowest BCUT2D eigenvalue weighted by atomic mass is 10.0. The summed E-state index contributed by atoms with van der Waals surface area (Å²) in [6.07, 6.45) is 0. The fourth-order valence-electron chi connectivity index (χ4n) is 2.11. The second-order valence-electron chi connectivity index (χ2n) is 5.06. The maximum absolute atomic E-state index is 11.0. The summed E-state index contributed by atoms with van der Waals surface area (Å²) < 4.78 is 0.979. The van der Waals surface area contributed by atoms with E-state index in [2.05, 4.69) is 10.3 Å². The Bertz CT molecular complexity index is 895. The van der Waals surface area contributed by atoms with Crippen molar-refractivity contribution < 1.29 is 9.90 Å². The van der Waals surface area contributed by atoms with Crippen LogP contribution in [-0.4, -0.2) is 16.1 Å². The molecule has 4 nitrogen and oxygen atoms in total. The molecule has 118 valence electrons. The Morgan fingerprint density at radius 2 is 2.04 bits per heavy atom. The SMILES string of the molecule is CC(C(=O)O)c1ccc(Nc2nc3ccc(Cl)cc3s2)c(Cl)c1. The molecule has 1 atom stereocenters. The summed E-state index contributed by atoms with van der Waals surface area (Å²) in [5, 5.41) is 14.0. The van der Waals surface area contributed by atoms with Crippen molar-refractivity contribution in [1.29, 1.82) is 0 Å². The van der Waals surface area contributed by atoms with Gasteiger partial charge in [-0.3, -0.25) is 4.79 Å². The molecule has 2 N–H and O–H groups in total. The number of nitrogens with zero attached hydrogens (tertiary/aromatic N) is 1. The number of anilines is 2. The Kier molecular flexibility index (Phi) is 4.43. The average molecular weight is 367 g/mol. The second-order valence-corrected chi connectivity index (χ2v) is 6.93. The minimum absolute atomic E-state index is 0.452. The van der Waals surface area contributed by atoms with Crippen LogP contribution in [0.4, 0.5) is 10.8 Å². The van der Waals surface area contributed by atoms with E-state index in [4.69, 9.17) is 28.3 Å². The van der Waals surface area contributed by atoms with Crippen LogP contribution in [0, 0.1) is 0 Å². The molecule has 0 saturated carbocycles. The van der Waals surface area contributed by atoms with Crippen LogP contribution in [0.1, 0.15) is 18.4 Å². The topological polar surface area (TPSA) is 62.2 Å². The van der Waals surface area contributed by atoms with Gasteiger partial charge in [0.1, 0.15) is 0 Å². The Morgan fingerprint density at radius 3 is 2.74 bits per heavy atom. The summed E-state index contributed by atoms with van der Waals surface area (Å²) in [4.78, 5) is 15.5. The average Bonchev–Trinajstić information content (AvgIpc) is 2.89. The molecule has 1 heterocycles. The summed E-state index contributed by atoms with van der Waals surface area (Å²) in [7, 11) is 0. The van der Waals surface area contributed by atoms with Gasteiger partial charge in [0.25, 0.3) is 0 Å². The van der Waals surface area contributed by atoms with Gasteiger partial charge in [-0.2, -0.15) is 0 Å². The van der Waals surface area contributed by atoms with E-state index in [0.29, 0.717) is 26.4 Å². The lowest BCUT2D eigenvalue weighted by Crippen LogP contribution is -2.07. The normalized spacial score (nSPS) is 12.3. The van der Waals surface area contributed by atoms with Crippen molar-refractivity contribution in [2.24, 2.45) is 0 Å². The van der Waals surface area contributed by atoms with Crippen molar-refractivity contribution in [3.63, 3.8) is 0 Å². The first-order chi connectivity index (χ1) is 10.9. The van der Waals surface area contributed by atoms with E-state index in [-0.39, 0.29) is 0 Å². The summed E-state index contributed by atoms with van der Waals surface area (Å²) in [5.41, 5.74) is 2.19. The zero-order chi connectivity index (χ0) is 16.6. The van der Waals surface area contributed by atoms with E-state index < -0.39 is 11.9 Å². The highest BCUT2D eigenvalue weighted by Gasteiger charge is 2.15. The number of thiazole rings is 1. The van der Waals surface area contributed by atoms with Crippen LogP contribution in [0.3, 0.4) is 0 Å². The first-order valence-electron chi connectivity index (χ1n) is 6.79. The van der Waals surface area contributed by atoms with E-state index in [9.17, 15) is 4.79 Å². The van der Waals surface area contributed by atoms with E-state index in [1.807, 2.05) is 12.1 Å². The van der Waals surface area contributed by atoms with Gasteiger partial charge in [-0.15, -0.1) is 0 Å². The molecule has 0 spiro atoms. The fraction of sp³-hybridized carbons (Fsp3) is 0.125. The molecule has 1 unspecified atom stereocenters. The number of aromatic nitrogens is 1. The van der Waals surface area contributed by atoms with Crippen molar-refractivity contribution >= 4 is 61.5 Å². The molecule has 0 saturated heterocycles. The van der Waals surface area contributed by atoms with Crippen LogP contribution in [-0.2, 0) is 4.79 Å². The van der Waals surface area contributed by atoms with Gasteiger partial charge in [-0.25, -0.2) is 4.98 Å². The zero-order valence-corrected chi connectivity index (χ0v) is 14.3. The minimum Gasteiger partial charge on any atom is -0.481 e. The lowest BCUT2D eigenvalue weighted by molar-refractivity contribution is -0.138. The predicted molar refractivity (Wildman–Crippen MR) is 95.4 cm³/mol. The number of fused-ring (bicyclic) bond motifs is 1. The van der Waals surface area contributed by atoms with E-state index >= 15 is 0 Å². The van der Waals surface area contributed by atoms with Crippen molar-refractivity contribution in [3.8, 4) is 0 Å². The van der Waals surface area contributed by atoms with Gasteiger partial charge in [-0.1, -0.05) is 40.6 Å². The maximum Gasteiger partial charge on any atom is 0.310 e. The van der Waals surface area contributed by atoms with Crippen LogP contribution < -0.4 is 5.32 Å². The van der Waals surface area contributed by atoms with Crippen molar-refractivity contribution in [1.82, 2.24) is 4.98 Å². The summed E-state index contributed by atoms with van der Waals surface area (Å²) in [5.74, 6) is -1.49. The third kappa shape index (κ3) is 3.42. The number of hydrogen-bond acceptors (Lipinski definition) is 4. The molecule has 0 aliphatic carbocycles. The molecule has 0 bridgehead atoms. The number of carbonyl (C=O) groups is 1. The van der Waals surface area contributed by atoms with Crippen molar-refractivity contribution in [2.45, 2.75) is 12.8 Å². The number of hydrogen-bond donors (Lipinski definition) is 2. The molecule has 0 amide bonds. The third-order valence-electron chi connectivity index (χ3n) is 3.46. The number of benzene rings is 2. The molecule has 23 heavy (non-hydrogen) atoms. The van der Waals surface area contributed by atoms with Gasteiger partial charge < -0.3 is 10.4 Å². The molecule has 0 aliphatic rings. The largest absolute Gasteiger partial charge is 0.481 e. The molecular weight excluding hydrogens is 355 g/mol. The first-order valence-corrected chi connectivity index (χ1v) is 8.36. The van der Waals surface area contributed by atoms with Gasteiger partial charge in [0.15, 0.2) is 5.13 Å². The summed E-state index contributed by atoms with van der Waals surface area (Å²) >= 11 is 13.7. The summed E-state index contributed by atoms with van der Waals surface area (Å²) in [6, 6.07) is 10.7. The van der Waals surface area contributed by atoms with Gasteiger partial charge >= 0.3 is 5.97 Å².